The van der Waals surface area contributed by atoms with Crippen molar-refractivity contribution < 1.29 is 13.2 Å². The first-order chi connectivity index (χ1) is 15.2. The molecule has 0 unspecified atom stereocenters. The third-order valence-corrected chi connectivity index (χ3v) is 8.29. The van der Waals surface area contributed by atoms with Crippen molar-refractivity contribution in [2.75, 3.05) is 15.9 Å². The molecule has 1 N–H and O–H groups in total. The van der Waals surface area contributed by atoms with E-state index in [0.717, 1.165) is 21.9 Å². The molecule has 12 heteroatoms. The molecule has 1 amide bonds. The molecule has 0 radical (unpaired) electrons. The molecule has 0 saturated heterocycles. The predicted molar refractivity (Wildman–Crippen MR) is 132 cm³/mol. The number of carbonyl (C=O) groups is 1. The highest BCUT2D eigenvalue weighted by Gasteiger charge is 2.32. The number of nitrogens with zero attached hydrogens (tertiary/aromatic N) is 3. The molecule has 32 heavy (non-hydrogen) atoms. The van der Waals surface area contributed by atoms with Crippen LogP contribution in [0.15, 0.2) is 52.9 Å². The van der Waals surface area contributed by atoms with Crippen LogP contribution in [0.3, 0.4) is 0 Å². The lowest BCUT2D eigenvalue weighted by molar-refractivity contribution is -0.117. The van der Waals surface area contributed by atoms with Gasteiger partial charge in [0.05, 0.1) is 22.0 Å². The molecule has 0 bridgehead atoms. The van der Waals surface area contributed by atoms with E-state index in [9.17, 15) is 13.2 Å². The summed E-state index contributed by atoms with van der Waals surface area (Å²) in [6.07, 6.45) is 1.27. The number of nitrogens with one attached hydrogen (secondary N) is 1. The third-order valence-electron chi connectivity index (χ3n) is 4.33. The van der Waals surface area contributed by atoms with Gasteiger partial charge in [-0.15, -0.1) is 10.2 Å². The standard InChI is InChI=1S/C20H20Cl2N4O3S3/c1-3-17(26(32(2,28)29)14-9-10-15(21)16(22)11-14)18(27)23-19-24-25-20(31-19)30-12-13-7-5-4-6-8-13/h4-11,17H,3,12H2,1-2H3,(H,23,24,27)/t17-/m0/s1. The summed E-state index contributed by atoms with van der Waals surface area (Å²) in [5.41, 5.74) is 1.40. The zero-order valence-electron chi connectivity index (χ0n) is 17.2. The Labute approximate surface area is 205 Å². The topological polar surface area (TPSA) is 92.3 Å². The van der Waals surface area contributed by atoms with E-state index in [1.165, 1.54) is 41.3 Å². The number of sulfonamides is 1. The molecule has 1 atom stereocenters. The Morgan fingerprint density at radius 2 is 1.88 bits per heavy atom. The van der Waals surface area contributed by atoms with Gasteiger partial charge in [-0.3, -0.25) is 14.4 Å². The van der Waals surface area contributed by atoms with Crippen molar-refractivity contribution in [1.82, 2.24) is 10.2 Å². The van der Waals surface area contributed by atoms with Crippen molar-refractivity contribution in [2.45, 2.75) is 29.5 Å². The van der Waals surface area contributed by atoms with E-state index < -0.39 is 22.0 Å². The average Bonchev–Trinajstić information content (AvgIpc) is 3.19. The van der Waals surface area contributed by atoms with Gasteiger partial charge >= 0.3 is 0 Å². The lowest BCUT2D eigenvalue weighted by Gasteiger charge is -2.30. The van der Waals surface area contributed by atoms with Gasteiger partial charge in [-0.1, -0.05) is 83.6 Å². The normalized spacial score (nSPS) is 12.4. The van der Waals surface area contributed by atoms with Crippen LogP contribution in [0.1, 0.15) is 18.9 Å². The van der Waals surface area contributed by atoms with Crippen LogP contribution >= 0.6 is 46.3 Å². The van der Waals surface area contributed by atoms with E-state index in [1.807, 2.05) is 30.3 Å². The van der Waals surface area contributed by atoms with Gasteiger partial charge in [0.15, 0.2) is 4.34 Å². The van der Waals surface area contributed by atoms with E-state index in [2.05, 4.69) is 15.5 Å². The first-order valence-corrected chi connectivity index (χ1v) is 13.8. The molecule has 3 rings (SSSR count). The third kappa shape index (κ3) is 6.35. The molecule has 0 aliphatic rings. The fourth-order valence-electron chi connectivity index (χ4n) is 2.91. The molecule has 0 saturated carbocycles. The van der Waals surface area contributed by atoms with E-state index in [-0.39, 0.29) is 22.2 Å². The summed E-state index contributed by atoms with van der Waals surface area (Å²) >= 11 is 14.8. The van der Waals surface area contributed by atoms with Crippen molar-refractivity contribution in [2.24, 2.45) is 0 Å². The van der Waals surface area contributed by atoms with Crippen LogP contribution < -0.4 is 9.62 Å². The van der Waals surface area contributed by atoms with E-state index >= 15 is 0 Å². The zero-order valence-corrected chi connectivity index (χ0v) is 21.1. The maximum absolute atomic E-state index is 13.0. The van der Waals surface area contributed by atoms with Gasteiger partial charge in [0, 0.05) is 5.75 Å². The lowest BCUT2D eigenvalue weighted by atomic mass is 10.2. The fourth-order valence-corrected chi connectivity index (χ4v) is 6.12. The number of hydrogen-bond acceptors (Lipinski definition) is 7. The van der Waals surface area contributed by atoms with Gasteiger partial charge in [0.2, 0.25) is 21.1 Å². The van der Waals surface area contributed by atoms with Gasteiger partial charge < -0.3 is 0 Å². The lowest BCUT2D eigenvalue weighted by Crippen LogP contribution is -2.47. The number of amides is 1. The van der Waals surface area contributed by atoms with Gasteiger partial charge in [0.1, 0.15) is 6.04 Å². The number of thioether (sulfide) groups is 1. The molecule has 170 valence electrons. The average molecular weight is 532 g/mol. The number of hydrogen-bond donors (Lipinski definition) is 1. The van der Waals surface area contributed by atoms with Crippen molar-refractivity contribution in [3.05, 3.63) is 64.1 Å². The number of anilines is 2. The Hall–Kier alpha value is -1.85. The second-order valence-electron chi connectivity index (χ2n) is 6.72. The van der Waals surface area contributed by atoms with Gasteiger partial charge in [-0.25, -0.2) is 8.42 Å². The van der Waals surface area contributed by atoms with Crippen LogP contribution in [0.4, 0.5) is 10.8 Å². The number of rotatable bonds is 9. The molecular weight excluding hydrogens is 511 g/mol. The van der Waals surface area contributed by atoms with Crippen LogP contribution in [0.2, 0.25) is 10.0 Å². The number of carbonyl (C=O) groups excluding carboxylic acids is 1. The number of benzene rings is 2. The Bertz CT molecular complexity index is 1190. The maximum atomic E-state index is 13.0. The summed E-state index contributed by atoms with van der Waals surface area (Å²) in [6.45, 7) is 1.72. The fraction of sp³-hybridized carbons (Fsp3) is 0.250. The minimum absolute atomic E-state index is 0.192. The van der Waals surface area contributed by atoms with Crippen LogP contribution in [0.5, 0.6) is 0 Å². The molecule has 3 aromatic rings. The SMILES string of the molecule is CC[C@@H](C(=O)Nc1nnc(SCc2ccccc2)s1)N(c1ccc(Cl)c(Cl)c1)S(C)(=O)=O. The van der Waals surface area contributed by atoms with E-state index in [4.69, 9.17) is 23.2 Å². The second-order valence-corrected chi connectivity index (χ2v) is 11.6. The molecule has 0 fully saturated rings. The zero-order chi connectivity index (χ0) is 23.3. The van der Waals surface area contributed by atoms with Crippen LogP contribution in [0, 0.1) is 0 Å². The quantitative estimate of drug-likeness (QED) is 0.297. The van der Waals surface area contributed by atoms with E-state index in [0.29, 0.717) is 9.47 Å². The Morgan fingerprint density at radius 3 is 2.50 bits per heavy atom. The summed E-state index contributed by atoms with van der Waals surface area (Å²) in [4.78, 5) is 13.0. The summed E-state index contributed by atoms with van der Waals surface area (Å²) < 4.78 is 26.8. The van der Waals surface area contributed by atoms with Crippen molar-refractivity contribution in [3.8, 4) is 0 Å². The maximum Gasteiger partial charge on any atom is 0.250 e. The van der Waals surface area contributed by atoms with Crippen LogP contribution in [-0.4, -0.2) is 36.8 Å². The molecule has 0 spiro atoms. The first kappa shape index (κ1) is 24.8. The minimum atomic E-state index is -3.80. The van der Waals surface area contributed by atoms with Crippen LogP contribution in [-0.2, 0) is 20.6 Å². The predicted octanol–water partition coefficient (Wildman–Crippen LogP) is 5.32. The Morgan fingerprint density at radius 1 is 1.16 bits per heavy atom. The second kappa shape index (κ2) is 10.8. The Kier molecular flexibility index (Phi) is 8.40. The molecule has 7 nitrogen and oxygen atoms in total. The van der Waals surface area contributed by atoms with Gasteiger partial charge in [0.25, 0.3) is 0 Å². The van der Waals surface area contributed by atoms with Gasteiger partial charge in [-0.2, -0.15) is 0 Å². The monoisotopic (exact) mass is 530 g/mol. The minimum Gasteiger partial charge on any atom is -0.299 e. The number of halogens is 2. The highest BCUT2D eigenvalue weighted by atomic mass is 35.5. The highest BCUT2D eigenvalue weighted by molar-refractivity contribution is 8.00. The van der Waals surface area contributed by atoms with Crippen molar-refractivity contribution in [3.63, 3.8) is 0 Å². The Balaban J connectivity index is 1.75. The summed E-state index contributed by atoms with van der Waals surface area (Å²) in [5, 5.41) is 11.6. The molecule has 2 aromatic carbocycles. The summed E-state index contributed by atoms with van der Waals surface area (Å²) in [6, 6.07) is 13.3. The first-order valence-electron chi connectivity index (χ1n) is 9.44. The van der Waals surface area contributed by atoms with E-state index in [1.54, 1.807) is 6.92 Å². The molecule has 0 aliphatic heterocycles. The molecular formula is C20H20Cl2N4O3S3. The van der Waals surface area contributed by atoms with Gasteiger partial charge in [-0.05, 0) is 30.2 Å². The summed E-state index contributed by atoms with van der Waals surface area (Å²) in [7, 11) is -3.80. The van der Waals surface area contributed by atoms with Crippen molar-refractivity contribution in [1.29, 1.82) is 0 Å². The summed E-state index contributed by atoms with van der Waals surface area (Å²) in [5.74, 6) is 0.208. The largest absolute Gasteiger partial charge is 0.299 e. The van der Waals surface area contributed by atoms with Crippen LogP contribution in [0.25, 0.3) is 0 Å². The molecule has 1 aromatic heterocycles. The van der Waals surface area contributed by atoms with Crippen molar-refractivity contribution >= 4 is 73.0 Å². The molecule has 1 heterocycles. The molecule has 0 aliphatic carbocycles. The smallest absolute Gasteiger partial charge is 0.250 e. The number of aromatic nitrogens is 2. The highest BCUT2D eigenvalue weighted by Crippen LogP contribution is 2.32.